The Labute approximate surface area is 189 Å². The second-order valence-electron chi connectivity index (χ2n) is 8.15. The maximum atomic E-state index is 13.2. The van der Waals surface area contributed by atoms with E-state index in [-0.39, 0.29) is 5.92 Å². The first-order valence-electron chi connectivity index (χ1n) is 11.2. The Bertz CT molecular complexity index is 1030. The lowest BCUT2D eigenvalue weighted by Crippen LogP contribution is -2.14. The smallest absolute Gasteiger partial charge is 0.343 e. The lowest BCUT2D eigenvalue weighted by atomic mass is 9.85. The van der Waals surface area contributed by atoms with E-state index in [0.717, 1.165) is 28.7 Å². The molecule has 166 valence electrons. The van der Waals surface area contributed by atoms with Crippen LogP contribution in [0.3, 0.4) is 0 Å². The van der Waals surface area contributed by atoms with Crippen LogP contribution in [0.25, 0.3) is 11.0 Å². The number of pyridine rings is 1. The number of nitrogens with one attached hydrogen (secondary N) is 1. The number of aromatic amines is 1. The quantitative estimate of drug-likeness (QED) is 0.356. The van der Waals surface area contributed by atoms with Gasteiger partial charge in [-0.05, 0) is 62.1 Å². The highest BCUT2D eigenvalue weighted by Crippen LogP contribution is 2.49. The molecule has 1 atom stereocenters. The van der Waals surface area contributed by atoms with E-state index in [1.54, 1.807) is 20.0 Å². The van der Waals surface area contributed by atoms with Crippen molar-refractivity contribution in [1.29, 1.82) is 0 Å². The SMILES string of the molecule is CCOP(=O)(OCC)c1ccc(C(CC2CCCC2)c2cc3cccnc3[nH]2)cc1Cl. The van der Waals surface area contributed by atoms with Crippen molar-refractivity contribution in [3.8, 4) is 0 Å². The van der Waals surface area contributed by atoms with Crippen LogP contribution in [0.1, 0.15) is 63.1 Å². The Morgan fingerprint density at radius 2 is 1.90 bits per heavy atom. The van der Waals surface area contributed by atoms with Crippen molar-refractivity contribution in [1.82, 2.24) is 9.97 Å². The summed E-state index contributed by atoms with van der Waals surface area (Å²) in [4.78, 5) is 7.98. The van der Waals surface area contributed by atoms with Crippen molar-refractivity contribution in [2.24, 2.45) is 5.92 Å². The van der Waals surface area contributed by atoms with E-state index in [0.29, 0.717) is 29.5 Å². The summed E-state index contributed by atoms with van der Waals surface area (Å²) in [5.74, 6) is 0.864. The third-order valence-electron chi connectivity index (χ3n) is 6.10. The number of H-pyrrole nitrogens is 1. The molecule has 2 heterocycles. The fourth-order valence-corrected chi connectivity index (χ4v) is 6.78. The van der Waals surface area contributed by atoms with E-state index in [4.69, 9.17) is 20.6 Å². The summed E-state index contributed by atoms with van der Waals surface area (Å²) in [5.41, 5.74) is 3.14. The van der Waals surface area contributed by atoms with Crippen LogP contribution >= 0.6 is 19.2 Å². The second-order valence-corrected chi connectivity index (χ2v) is 10.5. The standard InChI is InChI=1S/C24H30ClN2O3P/c1-3-29-31(28,30-4-2)23-12-11-18(15-21(23)25)20(14-17-8-5-6-9-17)22-16-19-10-7-13-26-24(19)27-22/h7,10-13,15-17,20H,3-6,8-9,14H2,1-2H3,(H,26,27). The van der Waals surface area contributed by atoms with Crippen LogP contribution in [0.5, 0.6) is 0 Å². The first-order chi connectivity index (χ1) is 15.0. The van der Waals surface area contributed by atoms with Crippen LogP contribution in [-0.4, -0.2) is 23.2 Å². The van der Waals surface area contributed by atoms with Gasteiger partial charge in [0.05, 0.1) is 23.5 Å². The average molecular weight is 461 g/mol. The van der Waals surface area contributed by atoms with Gasteiger partial charge in [-0.2, -0.15) is 0 Å². The summed E-state index contributed by atoms with van der Waals surface area (Å²) < 4.78 is 24.2. The molecule has 1 fully saturated rings. The zero-order valence-electron chi connectivity index (χ0n) is 18.1. The van der Waals surface area contributed by atoms with Crippen LogP contribution in [0.2, 0.25) is 5.02 Å². The number of hydrogen-bond acceptors (Lipinski definition) is 4. The topological polar surface area (TPSA) is 64.2 Å². The van der Waals surface area contributed by atoms with Gasteiger partial charge in [-0.3, -0.25) is 4.57 Å². The summed E-state index contributed by atoms with van der Waals surface area (Å²) in [6.45, 7) is 4.19. The van der Waals surface area contributed by atoms with Gasteiger partial charge in [0.25, 0.3) is 0 Å². The minimum atomic E-state index is -3.43. The third kappa shape index (κ3) is 4.90. The van der Waals surface area contributed by atoms with Crippen LogP contribution in [0.15, 0.2) is 42.6 Å². The summed E-state index contributed by atoms with van der Waals surface area (Å²) in [7, 11) is -3.43. The number of benzene rings is 1. The Morgan fingerprint density at radius 1 is 1.16 bits per heavy atom. The Kier molecular flexibility index (Phi) is 7.18. The Morgan fingerprint density at radius 3 is 2.55 bits per heavy atom. The van der Waals surface area contributed by atoms with Crippen molar-refractivity contribution in [3.05, 3.63) is 58.9 Å². The molecule has 3 aromatic rings. The fourth-order valence-electron chi connectivity index (χ4n) is 4.67. The molecule has 4 rings (SSSR count). The Hall–Kier alpha value is -1.65. The summed E-state index contributed by atoms with van der Waals surface area (Å²) in [5, 5.41) is 1.96. The lowest BCUT2D eigenvalue weighted by Gasteiger charge is -2.23. The first-order valence-corrected chi connectivity index (χ1v) is 13.1. The largest absolute Gasteiger partial charge is 0.362 e. The molecular weight excluding hydrogens is 431 g/mol. The van der Waals surface area contributed by atoms with Gasteiger partial charge >= 0.3 is 7.60 Å². The van der Waals surface area contributed by atoms with Gasteiger partial charge in [-0.1, -0.05) is 43.4 Å². The maximum absolute atomic E-state index is 13.2. The van der Waals surface area contributed by atoms with Gasteiger partial charge in [0.15, 0.2) is 0 Å². The van der Waals surface area contributed by atoms with E-state index < -0.39 is 7.60 Å². The van der Waals surface area contributed by atoms with E-state index in [9.17, 15) is 4.57 Å². The van der Waals surface area contributed by atoms with Gasteiger partial charge in [0.1, 0.15) is 5.65 Å². The molecule has 1 unspecified atom stereocenters. The number of fused-ring (bicyclic) bond motifs is 1. The summed E-state index contributed by atoms with van der Waals surface area (Å²) in [6, 6.07) is 12.0. The maximum Gasteiger partial charge on any atom is 0.362 e. The molecule has 0 amide bonds. The summed E-state index contributed by atoms with van der Waals surface area (Å²) in [6.07, 6.45) is 8.00. The highest BCUT2D eigenvalue weighted by Gasteiger charge is 2.31. The minimum Gasteiger partial charge on any atom is -0.343 e. The number of hydrogen-bond donors (Lipinski definition) is 1. The van der Waals surface area contributed by atoms with Crippen LogP contribution in [-0.2, 0) is 13.6 Å². The Balaban J connectivity index is 1.72. The fraction of sp³-hybridized carbons (Fsp3) is 0.458. The van der Waals surface area contributed by atoms with Crippen LogP contribution < -0.4 is 5.30 Å². The molecule has 1 aliphatic rings. The van der Waals surface area contributed by atoms with Crippen molar-refractivity contribution in [2.75, 3.05) is 13.2 Å². The first kappa shape index (κ1) is 22.5. The molecule has 1 aliphatic carbocycles. The van der Waals surface area contributed by atoms with Crippen molar-refractivity contribution in [2.45, 2.75) is 51.9 Å². The normalized spacial score (nSPS) is 16.2. The number of halogens is 1. The molecule has 0 aliphatic heterocycles. The predicted molar refractivity (Wildman–Crippen MR) is 126 cm³/mol. The van der Waals surface area contributed by atoms with E-state index in [2.05, 4.69) is 22.1 Å². The molecule has 0 radical (unpaired) electrons. The van der Waals surface area contributed by atoms with Crippen molar-refractivity contribution in [3.63, 3.8) is 0 Å². The number of nitrogens with zero attached hydrogens (tertiary/aromatic N) is 1. The zero-order valence-corrected chi connectivity index (χ0v) is 19.8. The van der Waals surface area contributed by atoms with Crippen LogP contribution in [0, 0.1) is 5.92 Å². The van der Waals surface area contributed by atoms with Crippen LogP contribution in [0.4, 0.5) is 0 Å². The van der Waals surface area contributed by atoms with Gasteiger partial charge in [0, 0.05) is 23.2 Å². The lowest BCUT2D eigenvalue weighted by molar-refractivity contribution is 0.230. The molecule has 0 saturated heterocycles. The van der Waals surface area contributed by atoms with E-state index in [1.165, 1.54) is 25.7 Å². The molecule has 1 saturated carbocycles. The van der Waals surface area contributed by atoms with Gasteiger partial charge in [0.2, 0.25) is 0 Å². The molecule has 5 nitrogen and oxygen atoms in total. The second kappa shape index (κ2) is 9.87. The highest BCUT2D eigenvalue weighted by molar-refractivity contribution is 7.62. The predicted octanol–water partition coefficient (Wildman–Crippen LogP) is 6.82. The molecule has 1 aromatic carbocycles. The molecule has 0 bridgehead atoms. The van der Waals surface area contributed by atoms with Crippen molar-refractivity contribution >= 4 is 35.5 Å². The zero-order chi connectivity index (χ0) is 21.8. The average Bonchev–Trinajstić information content (AvgIpc) is 3.41. The molecule has 2 aromatic heterocycles. The molecule has 31 heavy (non-hydrogen) atoms. The van der Waals surface area contributed by atoms with Gasteiger partial charge < -0.3 is 14.0 Å². The summed E-state index contributed by atoms with van der Waals surface area (Å²) >= 11 is 6.66. The molecule has 0 spiro atoms. The molecule has 7 heteroatoms. The molecule has 1 N–H and O–H groups in total. The minimum absolute atomic E-state index is 0.169. The third-order valence-corrected chi connectivity index (χ3v) is 8.72. The monoisotopic (exact) mass is 460 g/mol. The van der Waals surface area contributed by atoms with E-state index in [1.807, 2.05) is 24.3 Å². The molecular formula is C24H30ClN2O3P. The number of rotatable bonds is 9. The highest BCUT2D eigenvalue weighted by atomic mass is 35.5. The van der Waals surface area contributed by atoms with Crippen molar-refractivity contribution < 1.29 is 13.6 Å². The van der Waals surface area contributed by atoms with Gasteiger partial charge in [-0.15, -0.1) is 0 Å². The van der Waals surface area contributed by atoms with E-state index >= 15 is 0 Å². The van der Waals surface area contributed by atoms with Gasteiger partial charge in [-0.25, -0.2) is 4.98 Å². The number of aromatic nitrogens is 2.